The van der Waals surface area contributed by atoms with Gasteiger partial charge < -0.3 is 14.6 Å². The van der Waals surface area contributed by atoms with E-state index in [1.807, 2.05) is 0 Å². The maximum Gasteiger partial charge on any atom is 0.343 e. The molecule has 20 heavy (non-hydrogen) atoms. The molecule has 102 valence electrons. The lowest BCUT2D eigenvalue weighted by Gasteiger charge is -2.08. The van der Waals surface area contributed by atoms with Gasteiger partial charge in [-0.2, -0.15) is 0 Å². The number of ether oxygens (including phenoxy) is 2. The first kappa shape index (κ1) is 13.6. The number of methoxy groups -OCH3 is 1. The predicted molar refractivity (Wildman–Crippen MR) is 71.4 cm³/mol. The molecule has 0 aromatic heterocycles. The highest BCUT2D eigenvalue weighted by Gasteiger charge is 2.12. The third-order valence-electron chi connectivity index (χ3n) is 2.64. The Morgan fingerprint density at radius 3 is 2.00 bits per heavy atom. The van der Waals surface area contributed by atoms with Crippen LogP contribution in [0.3, 0.4) is 0 Å². The summed E-state index contributed by atoms with van der Waals surface area (Å²) in [4.78, 5) is 22.7. The van der Waals surface area contributed by atoms with Crippen LogP contribution >= 0.6 is 0 Å². The van der Waals surface area contributed by atoms with Gasteiger partial charge in [0.05, 0.1) is 18.2 Å². The highest BCUT2D eigenvalue weighted by molar-refractivity contribution is 5.93. The van der Waals surface area contributed by atoms with Gasteiger partial charge in [-0.05, 0) is 36.4 Å². The van der Waals surface area contributed by atoms with Gasteiger partial charge in [0.1, 0.15) is 0 Å². The van der Waals surface area contributed by atoms with Crippen molar-refractivity contribution in [3.05, 3.63) is 59.7 Å². The van der Waals surface area contributed by atoms with E-state index >= 15 is 0 Å². The molecule has 0 bridgehead atoms. The third-order valence-corrected chi connectivity index (χ3v) is 2.64. The van der Waals surface area contributed by atoms with Gasteiger partial charge in [-0.3, -0.25) is 0 Å². The van der Waals surface area contributed by atoms with Crippen molar-refractivity contribution in [2.24, 2.45) is 0 Å². The second-order valence-corrected chi connectivity index (χ2v) is 3.92. The summed E-state index contributed by atoms with van der Waals surface area (Å²) in [5.74, 6) is -0.869. The Kier molecular flexibility index (Phi) is 4.00. The van der Waals surface area contributed by atoms with Crippen LogP contribution in [0.1, 0.15) is 20.7 Å². The minimum absolute atomic E-state index is 0.110. The van der Waals surface area contributed by atoms with Crippen LogP contribution < -0.4 is 9.47 Å². The first-order valence-corrected chi connectivity index (χ1v) is 5.80. The molecule has 0 aliphatic carbocycles. The Balaban J connectivity index is 2.17. The second kappa shape index (κ2) is 5.88. The Labute approximate surface area is 115 Å². The van der Waals surface area contributed by atoms with Crippen molar-refractivity contribution in [3.63, 3.8) is 0 Å². The van der Waals surface area contributed by atoms with Crippen LogP contribution in [-0.4, -0.2) is 24.2 Å². The molecule has 0 spiro atoms. The molecular weight excluding hydrogens is 260 g/mol. The van der Waals surface area contributed by atoms with E-state index in [9.17, 15) is 9.59 Å². The van der Waals surface area contributed by atoms with E-state index in [1.54, 1.807) is 24.3 Å². The molecule has 0 aliphatic rings. The molecule has 5 heteroatoms. The summed E-state index contributed by atoms with van der Waals surface area (Å²) in [6.07, 6.45) is 0. The molecule has 2 aromatic carbocycles. The summed E-state index contributed by atoms with van der Waals surface area (Å²) in [5.41, 5.74) is 0.375. The largest absolute Gasteiger partial charge is 0.493 e. The molecule has 0 saturated heterocycles. The Hall–Kier alpha value is -2.82. The van der Waals surface area contributed by atoms with Crippen LogP contribution in [0.2, 0.25) is 0 Å². The zero-order valence-electron chi connectivity index (χ0n) is 10.7. The quantitative estimate of drug-likeness (QED) is 0.684. The van der Waals surface area contributed by atoms with Crippen LogP contribution in [0, 0.1) is 0 Å². The van der Waals surface area contributed by atoms with Crippen LogP contribution in [0.25, 0.3) is 0 Å². The molecule has 0 amide bonds. The molecule has 0 atom stereocenters. The maximum atomic E-state index is 11.9. The van der Waals surface area contributed by atoms with Gasteiger partial charge in [-0.15, -0.1) is 0 Å². The number of aromatic carboxylic acids is 1. The third kappa shape index (κ3) is 2.95. The lowest BCUT2D eigenvalue weighted by molar-refractivity contribution is 0.0691. The minimum Gasteiger partial charge on any atom is -0.493 e. The fourth-order valence-electron chi connectivity index (χ4n) is 1.61. The summed E-state index contributed by atoms with van der Waals surface area (Å²) < 4.78 is 10.3. The topological polar surface area (TPSA) is 72.8 Å². The van der Waals surface area contributed by atoms with E-state index < -0.39 is 11.9 Å². The van der Waals surface area contributed by atoms with Crippen LogP contribution in [0.5, 0.6) is 11.5 Å². The fourth-order valence-corrected chi connectivity index (χ4v) is 1.61. The van der Waals surface area contributed by atoms with Crippen LogP contribution in [-0.2, 0) is 0 Å². The summed E-state index contributed by atoms with van der Waals surface area (Å²) >= 11 is 0. The standard InChI is InChI=1S/C15H12O5/c1-19-12-4-2-3-5-13(12)20-15(18)11-8-6-10(7-9-11)14(16)17/h2-9H,1H3,(H,16,17). The van der Waals surface area contributed by atoms with E-state index in [2.05, 4.69) is 0 Å². The number of carbonyl (C=O) groups is 2. The number of benzene rings is 2. The summed E-state index contributed by atoms with van der Waals surface area (Å²) in [7, 11) is 1.48. The molecule has 0 unspecified atom stereocenters. The number of hydrogen-bond donors (Lipinski definition) is 1. The number of hydrogen-bond acceptors (Lipinski definition) is 4. The number of rotatable bonds is 4. The predicted octanol–water partition coefficient (Wildman–Crippen LogP) is 2.61. The van der Waals surface area contributed by atoms with Crippen molar-refractivity contribution >= 4 is 11.9 Å². The van der Waals surface area contributed by atoms with Gasteiger partial charge in [0, 0.05) is 0 Å². The van der Waals surface area contributed by atoms with Gasteiger partial charge >= 0.3 is 11.9 Å². The number of carboxylic acids is 1. The van der Waals surface area contributed by atoms with Crippen LogP contribution in [0.4, 0.5) is 0 Å². The average molecular weight is 272 g/mol. The zero-order chi connectivity index (χ0) is 14.5. The molecule has 2 aromatic rings. The molecule has 0 saturated carbocycles. The molecule has 2 rings (SSSR count). The lowest BCUT2D eigenvalue weighted by atomic mass is 10.1. The van der Waals surface area contributed by atoms with Crippen LogP contribution in [0.15, 0.2) is 48.5 Å². The molecule has 0 aliphatic heterocycles. The van der Waals surface area contributed by atoms with E-state index in [0.717, 1.165) is 0 Å². The zero-order valence-corrected chi connectivity index (χ0v) is 10.7. The van der Waals surface area contributed by atoms with E-state index in [1.165, 1.54) is 31.4 Å². The lowest BCUT2D eigenvalue weighted by Crippen LogP contribution is -2.09. The van der Waals surface area contributed by atoms with Crippen molar-refractivity contribution < 1.29 is 24.2 Å². The molecule has 0 radical (unpaired) electrons. The van der Waals surface area contributed by atoms with E-state index in [-0.39, 0.29) is 11.1 Å². The normalized spacial score (nSPS) is 9.85. The van der Waals surface area contributed by atoms with E-state index in [4.69, 9.17) is 14.6 Å². The first-order chi connectivity index (χ1) is 9.61. The molecular formula is C15H12O5. The Bertz CT molecular complexity index is 631. The van der Waals surface area contributed by atoms with Gasteiger partial charge in [0.25, 0.3) is 0 Å². The average Bonchev–Trinajstić information content (AvgIpc) is 2.48. The van der Waals surface area contributed by atoms with E-state index in [0.29, 0.717) is 11.5 Å². The highest BCUT2D eigenvalue weighted by atomic mass is 16.6. The first-order valence-electron chi connectivity index (χ1n) is 5.80. The van der Waals surface area contributed by atoms with Gasteiger partial charge in [0.15, 0.2) is 11.5 Å². The van der Waals surface area contributed by atoms with Crippen molar-refractivity contribution in [1.29, 1.82) is 0 Å². The number of esters is 1. The van der Waals surface area contributed by atoms with Crippen molar-refractivity contribution in [3.8, 4) is 11.5 Å². The summed E-state index contributed by atoms with van der Waals surface area (Å²) in [6, 6.07) is 12.3. The fraction of sp³-hybridized carbons (Fsp3) is 0.0667. The molecule has 0 heterocycles. The second-order valence-electron chi connectivity index (χ2n) is 3.92. The molecule has 1 N–H and O–H groups in total. The van der Waals surface area contributed by atoms with Gasteiger partial charge in [-0.1, -0.05) is 12.1 Å². The Morgan fingerprint density at radius 1 is 0.900 bits per heavy atom. The minimum atomic E-state index is -1.05. The Morgan fingerprint density at radius 2 is 1.45 bits per heavy atom. The summed E-state index contributed by atoms with van der Waals surface area (Å²) in [5, 5.41) is 8.79. The molecule has 5 nitrogen and oxygen atoms in total. The monoisotopic (exact) mass is 272 g/mol. The highest BCUT2D eigenvalue weighted by Crippen LogP contribution is 2.26. The summed E-state index contributed by atoms with van der Waals surface area (Å²) in [6.45, 7) is 0. The van der Waals surface area contributed by atoms with Crippen molar-refractivity contribution in [2.75, 3.05) is 7.11 Å². The van der Waals surface area contributed by atoms with Gasteiger partial charge in [-0.25, -0.2) is 9.59 Å². The maximum absolute atomic E-state index is 11.9. The SMILES string of the molecule is COc1ccccc1OC(=O)c1ccc(C(=O)O)cc1. The number of carbonyl (C=O) groups excluding carboxylic acids is 1. The van der Waals surface area contributed by atoms with Gasteiger partial charge in [0.2, 0.25) is 0 Å². The number of carboxylic acid groups (broad SMARTS) is 1. The number of para-hydroxylation sites is 2. The smallest absolute Gasteiger partial charge is 0.343 e. The molecule has 0 fully saturated rings. The van der Waals surface area contributed by atoms with Crippen molar-refractivity contribution in [2.45, 2.75) is 0 Å². The van der Waals surface area contributed by atoms with Crippen molar-refractivity contribution in [1.82, 2.24) is 0 Å².